The SMILES string of the molecule is ClC(Cl)(Cl)c1ccncc1Br. The molecular weight excluding hydrogens is 272 g/mol. The van der Waals surface area contributed by atoms with Crippen LogP contribution in [0.15, 0.2) is 22.9 Å². The van der Waals surface area contributed by atoms with E-state index < -0.39 is 3.79 Å². The van der Waals surface area contributed by atoms with Gasteiger partial charge in [0.05, 0.1) is 0 Å². The lowest BCUT2D eigenvalue weighted by Gasteiger charge is -2.11. The van der Waals surface area contributed by atoms with Crippen molar-refractivity contribution in [3.05, 3.63) is 28.5 Å². The molecule has 0 aliphatic carbocycles. The van der Waals surface area contributed by atoms with E-state index >= 15 is 0 Å². The lowest BCUT2D eigenvalue weighted by Crippen LogP contribution is -2.00. The zero-order chi connectivity index (χ0) is 8.48. The van der Waals surface area contributed by atoms with Crippen molar-refractivity contribution in [1.82, 2.24) is 4.98 Å². The predicted molar refractivity (Wildman–Crippen MR) is 51.2 cm³/mol. The van der Waals surface area contributed by atoms with Gasteiger partial charge in [-0.25, -0.2) is 0 Å². The van der Waals surface area contributed by atoms with Crippen LogP contribution in [0.25, 0.3) is 0 Å². The minimum Gasteiger partial charge on any atom is -0.264 e. The summed E-state index contributed by atoms with van der Waals surface area (Å²) in [5, 5.41) is 0. The van der Waals surface area contributed by atoms with E-state index in [1.807, 2.05) is 0 Å². The summed E-state index contributed by atoms with van der Waals surface area (Å²) >= 11 is 20.1. The van der Waals surface area contributed by atoms with Crippen LogP contribution in [-0.2, 0) is 3.79 Å². The van der Waals surface area contributed by atoms with Crippen LogP contribution in [0.4, 0.5) is 0 Å². The maximum absolute atomic E-state index is 5.64. The first-order chi connectivity index (χ1) is 5.02. The number of rotatable bonds is 0. The van der Waals surface area contributed by atoms with Crippen molar-refractivity contribution >= 4 is 50.7 Å². The second-order valence-corrected chi connectivity index (χ2v) is 4.99. The fraction of sp³-hybridized carbons (Fsp3) is 0.167. The summed E-state index contributed by atoms with van der Waals surface area (Å²) in [7, 11) is 0. The first-order valence-corrected chi connectivity index (χ1v) is 4.61. The lowest BCUT2D eigenvalue weighted by atomic mass is 10.3. The fourth-order valence-corrected chi connectivity index (χ4v) is 1.99. The van der Waals surface area contributed by atoms with E-state index in [1.165, 1.54) is 0 Å². The zero-order valence-corrected chi connectivity index (χ0v) is 9.04. The van der Waals surface area contributed by atoms with E-state index in [2.05, 4.69) is 20.9 Å². The Morgan fingerprint density at radius 2 is 2.00 bits per heavy atom. The van der Waals surface area contributed by atoms with Crippen molar-refractivity contribution in [2.45, 2.75) is 3.79 Å². The average molecular weight is 275 g/mol. The molecule has 0 N–H and O–H groups in total. The van der Waals surface area contributed by atoms with E-state index in [9.17, 15) is 0 Å². The molecule has 1 nitrogen and oxygen atoms in total. The normalized spacial score (nSPS) is 11.6. The first kappa shape index (κ1) is 9.59. The third-order valence-corrected chi connectivity index (χ3v) is 2.32. The highest BCUT2D eigenvalue weighted by molar-refractivity contribution is 9.10. The quantitative estimate of drug-likeness (QED) is 0.658. The first-order valence-electron chi connectivity index (χ1n) is 2.68. The second kappa shape index (κ2) is 3.48. The fourth-order valence-electron chi connectivity index (χ4n) is 0.605. The lowest BCUT2D eigenvalue weighted by molar-refractivity contribution is 1.17. The Balaban J connectivity index is 3.14. The van der Waals surface area contributed by atoms with Gasteiger partial charge in [-0.3, -0.25) is 4.98 Å². The van der Waals surface area contributed by atoms with Crippen LogP contribution in [0.1, 0.15) is 5.56 Å². The van der Waals surface area contributed by atoms with Gasteiger partial charge >= 0.3 is 0 Å². The highest BCUT2D eigenvalue weighted by Crippen LogP contribution is 2.41. The third-order valence-electron chi connectivity index (χ3n) is 1.08. The van der Waals surface area contributed by atoms with Gasteiger partial charge in [0, 0.05) is 22.4 Å². The van der Waals surface area contributed by atoms with E-state index in [4.69, 9.17) is 34.8 Å². The van der Waals surface area contributed by atoms with Crippen LogP contribution in [0.2, 0.25) is 0 Å². The molecule has 60 valence electrons. The molecule has 11 heavy (non-hydrogen) atoms. The summed E-state index contributed by atoms with van der Waals surface area (Å²) in [6.45, 7) is 0. The van der Waals surface area contributed by atoms with Gasteiger partial charge in [-0.1, -0.05) is 34.8 Å². The summed E-state index contributed by atoms with van der Waals surface area (Å²) in [5.41, 5.74) is 0.595. The van der Waals surface area contributed by atoms with Gasteiger partial charge in [0.1, 0.15) is 0 Å². The molecule has 0 fully saturated rings. The van der Waals surface area contributed by atoms with Crippen LogP contribution < -0.4 is 0 Å². The number of halogens is 4. The van der Waals surface area contributed by atoms with Crippen molar-refractivity contribution < 1.29 is 0 Å². The zero-order valence-electron chi connectivity index (χ0n) is 5.19. The monoisotopic (exact) mass is 273 g/mol. The molecule has 1 heterocycles. The van der Waals surface area contributed by atoms with Gasteiger partial charge in [-0.2, -0.15) is 0 Å². The minimum atomic E-state index is -1.39. The Kier molecular flexibility index (Phi) is 3.03. The Labute approximate surface area is 87.8 Å². The number of hydrogen-bond acceptors (Lipinski definition) is 1. The largest absolute Gasteiger partial charge is 0.264 e. The second-order valence-electron chi connectivity index (χ2n) is 1.85. The number of pyridine rings is 1. The van der Waals surface area contributed by atoms with Gasteiger partial charge in [-0.05, 0) is 22.0 Å². The molecule has 1 rings (SSSR count). The Morgan fingerprint density at radius 1 is 1.36 bits per heavy atom. The number of alkyl halides is 3. The highest BCUT2D eigenvalue weighted by atomic mass is 79.9. The third kappa shape index (κ3) is 2.48. The molecular formula is C6H3BrCl3N. The van der Waals surface area contributed by atoms with E-state index in [1.54, 1.807) is 18.5 Å². The molecule has 1 aromatic heterocycles. The Morgan fingerprint density at radius 3 is 2.36 bits per heavy atom. The molecule has 0 saturated carbocycles. The summed E-state index contributed by atoms with van der Waals surface area (Å²) in [5.74, 6) is 0. The molecule has 0 spiro atoms. The Hall–Kier alpha value is 0.500. The molecule has 0 aliphatic heterocycles. The standard InChI is InChI=1S/C6H3BrCl3N/c7-5-3-11-2-1-4(5)6(8,9)10/h1-3H. The topological polar surface area (TPSA) is 12.9 Å². The molecule has 0 amide bonds. The summed E-state index contributed by atoms with van der Waals surface area (Å²) in [4.78, 5) is 3.84. The van der Waals surface area contributed by atoms with Crippen molar-refractivity contribution in [2.24, 2.45) is 0 Å². The van der Waals surface area contributed by atoms with Crippen molar-refractivity contribution in [3.63, 3.8) is 0 Å². The van der Waals surface area contributed by atoms with Crippen LogP contribution in [-0.4, -0.2) is 4.98 Å². The Bertz CT molecular complexity index is 258. The van der Waals surface area contributed by atoms with Gasteiger partial charge in [0.15, 0.2) is 0 Å². The molecule has 0 unspecified atom stereocenters. The molecule has 0 atom stereocenters. The summed E-state index contributed by atoms with van der Waals surface area (Å²) < 4.78 is -0.693. The van der Waals surface area contributed by atoms with Crippen molar-refractivity contribution in [3.8, 4) is 0 Å². The molecule has 0 radical (unpaired) electrons. The van der Waals surface area contributed by atoms with Crippen LogP contribution in [0, 0.1) is 0 Å². The van der Waals surface area contributed by atoms with Gasteiger partial charge in [-0.15, -0.1) is 0 Å². The smallest absolute Gasteiger partial charge is 0.217 e. The number of nitrogens with zero attached hydrogens (tertiary/aromatic N) is 1. The number of aromatic nitrogens is 1. The average Bonchev–Trinajstić information content (AvgIpc) is 1.86. The molecule has 1 aromatic rings. The molecule has 0 aromatic carbocycles. The maximum Gasteiger partial charge on any atom is 0.217 e. The molecule has 0 bridgehead atoms. The van der Waals surface area contributed by atoms with E-state index in [0.29, 0.717) is 10.0 Å². The van der Waals surface area contributed by atoms with Gasteiger partial charge < -0.3 is 0 Å². The predicted octanol–water partition coefficient (Wildman–Crippen LogP) is 3.67. The minimum absolute atomic E-state index is 0.595. The molecule has 0 saturated heterocycles. The summed E-state index contributed by atoms with van der Waals surface area (Å²) in [6, 6.07) is 1.65. The van der Waals surface area contributed by atoms with Crippen LogP contribution in [0.5, 0.6) is 0 Å². The summed E-state index contributed by atoms with van der Waals surface area (Å²) in [6.07, 6.45) is 3.15. The van der Waals surface area contributed by atoms with Gasteiger partial charge in [0.2, 0.25) is 3.79 Å². The van der Waals surface area contributed by atoms with Crippen LogP contribution in [0.3, 0.4) is 0 Å². The maximum atomic E-state index is 5.64. The number of hydrogen-bond donors (Lipinski definition) is 0. The highest BCUT2D eigenvalue weighted by Gasteiger charge is 2.24. The van der Waals surface area contributed by atoms with Gasteiger partial charge in [0.25, 0.3) is 0 Å². The molecule has 5 heteroatoms. The van der Waals surface area contributed by atoms with E-state index in [0.717, 1.165) is 0 Å². The molecule has 0 aliphatic rings. The van der Waals surface area contributed by atoms with E-state index in [-0.39, 0.29) is 0 Å². The van der Waals surface area contributed by atoms with Crippen LogP contribution >= 0.6 is 50.7 Å². The van der Waals surface area contributed by atoms with Crippen molar-refractivity contribution in [2.75, 3.05) is 0 Å². The van der Waals surface area contributed by atoms with Crippen molar-refractivity contribution in [1.29, 1.82) is 0 Å².